The fourth-order valence-electron chi connectivity index (χ4n) is 21.7. The lowest BCUT2D eigenvalue weighted by atomic mass is 9.98. The summed E-state index contributed by atoms with van der Waals surface area (Å²) >= 11 is 1.79. The standard InChI is InChI=1S/C122H67N9O3S/c1-2-27-81(28-3-1)131-102-37-16-12-31-86(102)90-35-20-36-92(113(90)131)120-124-117(125-122(128-120)100-67-83(64-97-88-33-14-18-39-108(88)133-115(97)100)130-104-61-74-25-6-4-23-72(74)56-93(104)94-57-73-24-5-7-26-75(73)62-105(94)130)71-43-41-68(42-44-71)76-45-46-77-63-106-99(60-80(77)55-76)112-84-29-10-8-21-69(84)48-52-103(112)129(106)82-65-98-91-51-47-70-22-9-11-30-85(70)114(91)134-116(98)101(66-82)121-126-118(78-49-53-109-95(58-78)87-32-13-17-38-107(87)132-109)123-119(127-121)79-50-54-111-96(59-79)89-34-15-19-40-110(89)135-111/h1-67H. The van der Waals surface area contributed by atoms with Crippen LogP contribution in [0.4, 0.5) is 0 Å². The smallest absolute Gasteiger partial charge is 0.167 e. The summed E-state index contributed by atoms with van der Waals surface area (Å²) in [6, 6.07) is 146. The first kappa shape index (κ1) is 73.8. The van der Waals surface area contributed by atoms with Crippen LogP contribution in [0.25, 0.3) is 302 Å². The Bertz CT molecular complexity index is 10200. The second-order valence-corrected chi connectivity index (χ2v) is 36.6. The first-order chi connectivity index (χ1) is 66.8. The molecule has 0 saturated heterocycles. The van der Waals surface area contributed by atoms with E-state index in [4.69, 9.17) is 43.2 Å². The van der Waals surface area contributed by atoms with Gasteiger partial charge in [-0.3, -0.25) is 0 Å². The van der Waals surface area contributed by atoms with Gasteiger partial charge in [-0.25, -0.2) is 29.9 Å². The van der Waals surface area contributed by atoms with E-state index in [2.05, 4.69) is 396 Å². The Morgan fingerprint density at radius 2 is 0.652 bits per heavy atom. The topological polar surface area (TPSA) is 132 Å². The quantitative estimate of drug-likeness (QED) is 0.131. The van der Waals surface area contributed by atoms with E-state index in [1.54, 1.807) is 11.3 Å². The number of para-hydroxylation sites is 5. The van der Waals surface area contributed by atoms with Crippen LogP contribution < -0.4 is 0 Å². The second kappa shape index (κ2) is 28.2. The summed E-state index contributed by atoms with van der Waals surface area (Å²) in [5, 5.41) is 26.2. The van der Waals surface area contributed by atoms with E-state index in [1.807, 2.05) is 24.3 Å². The number of nitrogens with zero attached hydrogens (tertiary/aromatic N) is 9. The van der Waals surface area contributed by atoms with Crippen LogP contribution in [0.15, 0.2) is 420 Å². The Morgan fingerprint density at radius 3 is 1.37 bits per heavy atom. The summed E-state index contributed by atoms with van der Waals surface area (Å²) in [5.74, 6) is 3.03. The van der Waals surface area contributed by atoms with Crippen molar-refractivity contribution < 1.29 is 13.3 Å². The van der Waals surface area contributed by atoms with Crippen molar-refractivity contribution in [3.63, 3.8) is 0 Å². The van der Waals surface area contributed by atoms with Gasteiger partial charge in [0, 0.05) is 130 Å². The van der Waals surface area contributed by atoms with Gasteiger partial charge in [-0.15, -0.1) is 11.3 Å². The zero-order valence-electron chi connectivity index (χ0n) is 71.8. The number of benzene rings is 21. The number of thiophene rings is 1. The zero-order chi connectivity index (χ0) is 87.9. The van der Waals surface area contributed by atoms with Gasteiger partial charge in [-0.05, 0) is 217 Å². The van der Waals surface area contributed by atoms with E-state index in [-0.39, 0.29) is 0 Å². The maximum atomic E-state index is 7.39. The average molecular weight is 1740 g/mol. The van der Waals surface area contributed by atoms with Crippen LogP contribution in [-0.4, -0.2) is 43.6 Å². The van der Waals surface area contributed by atoms with Gasteiger partial charge in [0.1, 0.15) is 33.5 Å². The van der Waals surface area contributed by atoms with Gasteiger partial charge in [0.05, 0.1) is 44.2 Å². The Balaban J connectivity index is 0.600. The molecule has 21 aromatic carbocycles. The molecule has 0 saturated carbocycles. The fraction of sp³-hybridized carbons (Fsp3) is 0. The average Bonchev–Trinajstić information content (AvgIpc) is 1.55. The summed E-state index contributed by atoms with van der Waals surface area (Å²) in [7, 11) is 0. The molecule has 0 radical (unpaired) electrons. The van der Waals surface area contributed by atoms with Crippen molar-refractivity contribution in [3.8, 4) is 96.5 Å². The van der Waals surface area contributed by atoms with E-state index in [0.29, 0.717) is 46.1 Å². The molecule has 12 nitrogen and oxygen atoms in total. The molecule has 30 aromatic rings. The van der Waals surface area contributed by atoms with E-state index in [1.165, 1.54) is 25.6 Å². The maximum absolute atomic E-state index is 7.39. The summed E-state index contributed by atoms with van der Waals surface area (Å²) in [5.41, 5.74) is 20.7. The lowest BCUT2D eigenvalue weighted by Gasteiger charge is -2.14. The number of furan rings is 3. The molecule has 0 fully saturated rings. The van der Waals surface area contributed by atoms with Gasteiger partial charge in [0.15, 0.2) is 34.9 Å². The molecule has 9 heterocycles. The third-order valence-corrected chi connectivity index (χ3v) is 29.1. The molecule has 13 heteroatoms. The van der Waals surface area contributed by atoms with Crippen molar-refractivity contribution in [2.75, 3.05) is 0 Å². The molecule has 0 atom stereocenters. The van der Waals surface area contributed by atoms with Crippen molar-refractivity contribution in [1.29, 1.82) is 0 Å². The van der Waals surface area contributed by atoms with Crippen LogP contribution in [0.3, 0.4) is 0 Å². The predicted octanol–water partition coefficient (Wildman–Crippen LogP) is 32.8. The number of fused-ring (bicyclic) bond motifs is 28. The van der Waals surface area contributed by atoms with Crippen LogP contribution in [0, 0.1) is 0 Å². The van der Waals surface area contributed by atoms with Crippen LogP contribution in [0.5, 0.6) is 0 Å². The van der Waals surface area contributed by atoms with Gasteiger partial charge in [0.2, 0.25) is 0 Å². The first-order valence-electron chi connectivity index (χ1n) is 45.5. The summed E-state index contributed by atoms with van der Waals surface area (Å²) in [6.45, 7) is 0. The number of rotatable bonds is 10. The highest BCUT2D eigenvalue weighted by molar-refractivity contribution is 7.25. The molecule has 0 spiro atoms. The number of hydrogen-bond donors (Lipinski definition) is 0. The van der Waals surface area contributed by atoms with Crippen molar-refractivity contribution in [2.45, 2.75) is 0 Å². The number of hydrogen-bond acceptors (Lipinski definition) is 10. The minimum atomic E-state index is 0.471. The summed E-state index contributed by atoms with van der Waals surface area (Å²) in [6.07, 6.45) is 0. The van der Waals surface area contributed by atoms with Crippen molar-refractivity contribution >= 4 is 217 Å². The molecule has 0 bridgehead atoms. The lowest BCUT2D eigenvalue weighted by molar-refractivity contribution is 0.668. The first-order valence-corrected chi connectivity index (χ1v) is 46.3. The fourth-order valence-corrected chi connectivity index (χ4v) is 22.8. The molecular weight excluding hydrogens is 1670 g/mol. The molecule has 0 aliphatic carbocycles. The normalized spacial score (nSPS) is 12.3. The molecule has 0 aliphatic rings. The third kappa shape index (κ3) is 11.2. The van der Waals surface area contributed by atoms with E-state index in [9.17, 15) is 0 Å². The van der Waals surface area contributed by atoms with Crippen molar-refractivity contribution in [1.82, 2.24) is 43.6 Å². The lowest BCUT2D eigenvalue weighted by Crippen LogP contribution is -2.03. The highest BCUT2D eigenvalue weighted by atomic mass is 32.1. The highest BCUT2D eigenvalue weighted by Crippen LogP contribution is 2.50. The molecule has 135 heavy (non-hydrogen) atoms. The molecular formula is C122H67N9O3S. The summed E-state index contributed by atoms with van der Waals surface area (Å²) < 4.78 is 30.6. The van der Waals surface area contributed by atoms with Crippen LogP contribution in [-0.2, 0) is 0 Å². The minimum absolute atomic E-state index is 0.471. The third-order valence-electron chi connectivity index (χ3n) is 28.0. The number of aromatic nitrogens is 9. The Labute approximate surface area is 771 Å². The highest BCUT2D eigenvalue weighted by Gasteiger charge is 2.29. The van der Waals surface area contributed by atoms with Gasteiger partial charge in [0.25, 0.3) is 0 Å². The van der Waals surface area contributed by atoms with Gasteiger partial charge in [-0.2, -0.15) is 0 Å². The Kier molecular flexibility index (Phi) is 15.4. The van der Waals surface area contributed by atoms with E-state index < -0.39 is 0 Å². The van der Waals surface area contributed by atoms with Crippen LogP contribution >= 0.6 is 11.3 Å². The molecule has 624 valence electrons. The SMILES string of the molecule is c1ccc(-n2c3ccccc3c3cccc(-c4nc(-c5ccc(-c6ccc7cc8c(cc7c6)c6c7ccccc7ccc6n8-c6cc(-c7nc(-c8ccc9oc%10ccccc%10c9c8)nc(-c8ccc9sc%10ccccc%10c9c8)n7)c7oc8c9ccccc9ccc8c7c6)cc5)nc(-c5cc(-n6c7cc8ccccc8cc7c7cc8ccccc8cc76)cc6c5oc5ccccc56)n4)c32)cc1. The predicted molar refractivity (Wildman–Crippen MR) is 557 cm³/mol. The largest absolute Gasteiger partial charge is 0.456 e. The minimum Gasteiger partial charge on any atom is -0.456 e. The Hall–Kier alpha value is -18.0. The summed E-state index contributed by atoms with van der Waals surface area (Å²) in [4.78, 5) is 33.8. The molecule has 9 aromatic heterocycles. The maximum Gasteiger partial charge on any atom is 0.167 e. The van der Waals surface area contributed by atoms with Gasteiger partial charge in [-0.1, -0.05) is 249 Å². The Morgan fingerprint density at radius 1 is 0.185 bits per heavy atom. The van der Waals surface area contributed by atoms with E-state index in [0.717, 1.165) is 230 Å². The molecule has 0 aliphatic heterocycles. The van der Waals surface area contributed by atoms with Crippen LogP contribution in [0.2, 0.25) is 0 Å². The molecule has 0 amide bonds. The van der Waals surface area contributed by atoms with Gasteiger partial charge >= 0.3 is 0 Å². The molecule has 30 rings (SSSR count). The monoisotopic (exact) mass is 1740 g/mol. The molecule has 0 unspecified atom stereocenters. The zero-order valence-corrected chi connectivity index (χ0v) is 72.7. The van der Waals surface area contributed by atoms with Crippen molar-refractivity contribution in [2.24, 2.45) is 0 Å². The van der Waals surface area contributed by atoms with E-state index >= 15 is 0 Å². The van der Waals surface area contributed by atoms with Crippen LogP contribution in [0.1, 0.15) is 0 Å². The molecule has 0 N–H and O–H groups in total. The van der Waals surface area contributed by atoms with Gasteiger partial charge < -0.3 is 27.0 Å². The second-order valence-electron chi connectivity index (χ2n) is 35.5. The van der Waals surface area contributed by atoms with Crippen molar-refractivity contribution in [3.05, 3.63) is 406 Å².